The molecule has 15 heavy (non-hydrogen) atoms. The van der Waals surface area contributed by atoms with Crippen LogP contribution in [0.3, 0.4) is 0 Å². The van der Waals surface area contributed by atoms with Crippen molar-refractivity contribution in [2.45, 2.75) is 27.7 Å². The van der Waals surface area contributed by atoms with Crippen molar-refractivity contribution in [1.29, 1.82) is 0 Å². The number of carbonyl (C=O) groups is 1. The Morgan fingerprint density at radius 3 is 2.53 bits per heavy atom. The molecule has 0 bridgehead atoms. The summed E-state index contributed by atoms with van der Waals surface area (Å²) in [6, 6.07) is 5.89. The summed E-state index contributed by atoms with van der Waals surface area (Å²) in [5.41, 5.74) is 3.01. The second kappa shape index (κ2) is 4.96. The molecule has 0 aliphatic heterocycles. The Bertz CT molecular complexity index is 356. The molecule has 0 heterocycles. The van der Waals surface area contributed by atoms with Gasteiger partial charge in [-0.25, -0.2) is 0 Å². The maximum absolute atomic E-state index is 11.8. The number of amides is 1. The molecular formula is C13H19NO. The van der Waals surface area contributed by atoms with Crippen LogP contribution in [0.15, 0.2) is 18.2 Å². The molecule has 1 aromatic carbocycles. The number of rotatable bonds is 3. The van der Waals surface area contributed by atoms with E-state index in [1.807, 2.05) is 32.0 Å². The third-order valence-electron chi connectivity index (χ3n) is 2.30. The van der Waals surface area contributed by atoms with Gasteiger partial charge < -0.3 is 5.32 Å². The average molecular weight is 205 g/mol. The second-order valence-corrected chi connectivity index (χ2v) is 4.42. The third kappa shape index (κ3) is 3.39. The van der Waals surface area contributed by atoms with E-state index in [-0.39, 0.29) is 5.91 Å². The molecule has 0 saturated carbocycles. The average Bonchev–Trinajstić information content (AvgIpc) is 2.14. The zero-order valence-corrected chi connectivity index (χ0v) is 9.92. The SMILES string of the molecule is Cc1ccc(C(=O)NCC(C)C)c(C)c1. The Labute approximate surface area is 91.7 Å². The Hall–Kier alpha value is -1.31. The van der Waals surface area contributed by atoms with Gasteiger partial charge in [0.05, 0.1) is 0 Å². The highest BCUT2D eigenvalue weighted by molar-refractivity contribution is 5.95. The fourth-order valence-corrected chi connectivity index (χ4v) is 1.46. The molecule has 1 amide bonds. The first kappa shape index (κ1) is 11.8. The number of benzene rings is 1. The molecule has 1 aromatic rings. The van der Waals surface area contributed by atoms with Gasteiger partial charge in [-0.1, -0.05) is 31.5 Å². The van der Waals surface area contributed by atoms with E-state index in [2.05, 4.69) is 19.2 Å². The van der Waals surface area contributed by atoms with Crippen LogP contribution >= 0.6 is 0 Å². The van der Waals surface area contributed by atoms with E-state index in [0.29, 0.717) is 5.92 Å². The van der Waals surface area contributed by atoms with E-state index >= 15 is 0 Å². The first-order valence-corrected chi connectivity index (χ1v) is 5.36. The van der Waals surface area contributed by atoms with Crippen LogP contribution in [0.5, 0.6) is 0 Å². The Kier molecular flexibility index (Phi) is 3.89. The van der Waals surface area contributed by atoms with Crippen LogP contribution in [0.25, 0.3) is 0 Å². The predicted octanol–water partition coefficient (Wildman–Crippen LogP) is 2.69. The normalized spacial score (nSPS) is 10.5. The lowest BCUT2D eigenvalue weighted by Crippen LogP contribution is -2.27. The maximum atomic E-state index is 11.8. The molecule has 0 unspecified atom stereocenters. The summed E-state index contributed by atoms with van der Waals surface area (Å²) in [7, 11) is 0. The molecule has 0 spiro atoms. The summed E-state index contributed by atoms with van der Waals surface area (Å²) >= 11 is 0. The number of nitrogens with one attached hydrogen (secondary N) is 1. The smallest absolute Gasteiger partial charge is 0.251 e. The topological polar surface area (TPSA) is 29.1 Å². The highest BCUT2D eigenvalue weighted by Gasteiger charge is 2.08. The summed E-state index contributed by atoms with van der Waals surface area (Å²) in [5.74, 6) is 0.515. The molecule has 82 valence electrons. The van der Waals surface area contributed by atoms with Crippen LogP contribution in [0.1, 0.15) is 35.3 Å². The van der Waals surface area contributed by atoms with Gasteiger partial charge in [0.25, 0.3) is 5.91 Å². The third-order valence-corrected chi connectivity index (χ3v) is 2.30. The fourth-order valence-electron chi connectivity index (χ4n) is 1.46. The lowest BCUT2D eigenvalue weighted by molar-refractivity contribution is 0.0948. The van der Waals surface area contributed by atoms with Crippen molar-refractivity contribution in [3.05, 3.63) is 34.9 Å². The van der Waals surface area contributed by atoms with E-state index in [9.17, 15) is 4.79 Å². The van der Waals surface area contributed by atoms with E-state index < -0.39 is 0 Å². The maximum Gasteiger partial charge on any atom is 0.251 e. The van der Waals surface area contributed by atoms with Gasteiger partial charge in [-0.2, -0.15) is 0 Å². The van der Waals surface area contributed by atoms with E-state index in [1.165, 1.54) is 5.56 Å². The molecular weight excluding hydrogens is 186 g/mol. The molecule has 0 aliphatic carbocycles. The van der Waals surface area contributed by atoms with Crippen molar-refractivity contribution in [3.63, 3.8) is 0 Å². The highest BCUT2D eigenvalue weighted by atomic mass is 16.1. The minimum absolute atomic E-state index is 0.0289. The fraction of sp³-hybridized carbons (Fsp3) is 0.462. The van der Waals surface area contributed by atoms with Crippen LogP contribution in [-0.4, -0.2) is 12.5 Å². The molecule has 0 saturated heterocycles. The largest absolute Gasteiger partial charge is 0.352 e. The van der Waals surface area contributed by atoms with Gasteiger partial charge in [0.1, 0.15) is 0 Å². The molecule has 0 radical (unpaired) electrons. The highest BCUT2D eigenvalue weighted by Crippen LogP contribution is 2.10. The molecule has 0 fully saturated rings. The summed E-state index contributed by atoms with van der Waals surface area (Å²) in [4.78, 5) is 11.8. The lowest BCUT2D eigenvalue weighted by atomic mass is 10.1. The predicted molar refractivity (Wildman–Crippen MR) is 63.1 cm³/mol. The number of carbonyl (C=O) groups excluding carboxylic acids is 1. The van der Waals surface area contributed by atoms with Gasteiger partial charge in [0.2, 0.25) is 0 Å². The van der Waals surface area contributed by atoms with Crippen molar-refractivity contribution in [2.24, 2.45) is 5.92 Å². The summed E-state index contributed by atoms with van der Waals surface area (Å²) in [5, 5.41) is 2.92. The van der Waals surface area contributed by atoms with E-state index in [1.54, 1.807) is 0 Å². The number of hydrogen-bond donors (Lipinski definition) is 1. The van der Waals surface area contributed by atoms with Gasteiger partial charge in [-0.05, 0) is 31.4 Å². The lowest BCUT2D eigenvalue weighted by Gasteiger charge is -2.09. The molecule has 0 aromatic heterocycles. The molecule has 2 heteroatoms. The Balaban J connectivity index is 2.74. The molecule has 2 nitrogen and oxygen atoms in total. The minimum Gasteiger partial charge on any atom is -0.352 e. The van der Waals surface area contributed by atoms with Crippen molar-refractivity contribution in [1.82, 2.24) is 5.32 Å². The van der Waals surface area contributed by atoms with Gasteiger partial charge >= 0.3 is 0 Å². The van der Waals surface area contributed by atoms with Crippen molar-refractivity contribution in [3.8, 4) is 0 Å². The summed E-state index contributed by atoms with van der Waals surface area (Å²) in [6.07, 6.45) is 0. The summed E-state index contributed by atoms with van der Waals surface area (Å²) in [6.45, 7) is 8.90. The number of aryl methyl sites for hydroxylation is 2. The minimum atomic E-state index is 0.0289. The summed E-state index contributed by atoms with van der Waals surface area (Å²) < 4.78 is 0. The van der Waals surface area contributed by atoms with Gasteiger partial charge in [0.15, 0.2) is 0 Å². The van der Waals surface area contributed by atoms with Gasteiger partial charge in [0, 0.05) is 12.1 Å². The molecule has 0 aliphatic rings. The second-order valence-electron chi connectivity index (χ2n) is 4.42. The first-order valence-electron chi connectivity index (χ1n) is 5.36. The van der Waals surface area contributed by atoms with Crippen LogP contribution in [-0.2, 0) is 0 Å². The quantitative estimate of drug-likeness (QED) is 0.807. The molecule has 1 N–H and O–H groups in total. The Morgan fingerprint density at radius 2 is 2.00 bits per heavy atom. The Morgan fingerprint density at radius 1 is 1.33 bits per heavy atom. The zero-order chi connectivity index (χ0) is 11.4. The first-order chi connectivity index (χ1) is 7.00. The molecule has 0 atom stereocenters. The van der Waals surface area contributed by atoms with Crippen LogP contribution < -0.4 is 5.32 Å². The van der Waals surface area contributed by atoms with Gasteiger partial charge in [-0.3, -0.25) is 4.79 Å². The van der Waals surface area contributed by atoms with Gasteiger partial charge in [-0.15, -0.1) is 0 Å². The monoisotopic (exact) mass is 205 g/mol. The number of hydrogen-bond acceptors (Lipinski definition) is 1. The van der Waals surface area contributed by atoms with Crippen LogP contribution in [0.2, 0.25) is 0 Å². The van der Waals surface area contributed by atoms with Crippen molar-refractivity contribution < 1.29 is 4.79 Å². The standard InChI is InChI=1S/C13H19NO/c1-9(2)8-14-13(15)12-6-5-10(3)7-11(12)4/h5-7,9H,8H2,1-4H3,(H,14,15). The van der Waals surface area contributed by atoms with Crippen molar-refractivity contribution in [2.75, 3.05) is 6.54 Å². The molecule has 1 rings (SSSR count). The van der Waals surface area contributed by atoms with Crippen molar-refractivity contribution >= 4 is 5.91 Å². The van der Waals surface area contributed by atoms with E-state index in [0.717, 1.165) is 17.7 Å². The van der Waals surface area contributed by atoms with Crippen LogP contribution in [0, 0.1) is 19.8 Å². The van der Waals surface area contributed by atoms with Crippen LogP contribution in [0.4, 0.5) is 0 Å². The zero-order valence-electron chi connectivity index (χ0n) is 9.92. The van der Waals surface area contributed by atoms with E-state index in [4.69, 9.17) is 0 Å².